The van der Waals surface area contributed by atoms with Gasteiger partial charge >= 0.3 is 0 Å². The Labute approximate surface area is 202 Å². The lowest BCUT2D eigenvalue weighted by atomic mass is 9.92. The quantitative estimate of drug-likeness (QED) is 0.677. The van der Waals surface area contributed by atoms with Gasteiger partial charge in [-0.1, -0.05) is 50.6 Å². The van der Waals surface area contributed by atoms with Crippen LogP contribution in [0.4, 0.5) is 5.69 Å². The number of benzene rings is 2. The van der Waals surface area contributed by atoms with Crippen molar-refractivity contribution in [1.29, 1.82) is 0 Å². The van der Waals surface area contributed by atoms with E-state index < -0.39 is 16.1 Å². The molecule has 8 heteroatoms. The molecule has 1 fully saturated rings. The summed E-state index contributed by atoms with van der Waals surface area (Å²) in [5.74, 6) is -0.171. The molecule has 0 spiro atoms. The Morgan fingerprint density at radius 3 is 2.41 bits per heavy atom. The summed E-state index contributed by atoms with van der Waals surface area (Å²) >= 11 is 0. The summed E-state index contributed by atoms with van der Waals surface area (Å²) in [5.41, 5.74) is 2.52. The number of piperidine rings is 1. The second-order valence-electron chi connectivity index (χ2n) is 9.59. The van der Waals surface area contributed by atoms with Gasteiger partial charge in [0.1, 0.15) is 6.04 Å². The smallest absolute Gasteiger partial charge is 0.247 e. The molecule has 0 aliphatic carbocycles. The van der Waals surface area contributed by atoms with Crippen molar-refractivity contribution in [3.63, 3.8) is 0 Å². The maximum absolute atomic E-state index is 13.4. The Bertz CT molecular complexity index is 1160. The molecule has 0 aromatic heterocycles. The molecule has 1 atom stereocenters. The summed E-state index contributed by atoms with van der Waals surface area (Å²) in [4.78, 5) is 28.2. The first-order chi connectivity index (χ1) is 16.3. The van der Waals surface area contributed by atoms with E-state index in [0.29, 0.717) is 38.2 Å². The van der Waals surface area contributed by atoms with Crippen molar-refractivity contribution >= 4 is 27.5 Å². The molecule has 2 heterocycles. The van der Waals surface area contributed by atoms with Crippen molar-refractivity contribution in [3.05, 3.63) is 59.7 Å². The molecule has 2 aromatic rings. The number of rotatable bonds is 6. The minimum atomic E-state index is -3.61. The Kier molecular flexibility index (Phi) is 7.38. The topological polar surface area (TPSA) is 86.8 Å². The predicted octanol–water partition coefficient (Wildman–Crippen LogP) is 3.80. The Hall–Kier alpha value is -2.71. The average Bonchev–Trinajstić information content (AvgIpc) is 2.83. The van der Waals surface area contributed by atoms with Crippen molar-refractivity contribution < 1.29 is 18.0 Å². The van der Waals surface area contributed by atoms with Crippen LogP contribution in [0.3, 0.4) is 0 Å². The van der Waals surface area contributed by atoms with Crippen LogP contribution in [0, 0.1) is 5.92 Å². The molecule has 2 aliphatic rings. The van der Waals surface area contributed by atoms with E-state index >= 15 is 0 Å². The van der Waals surface area contributed by atoms with Crippen LogP contribution in [-0.4, -0.2) is 48.6 Å². The van der Waals surface area contributed by atoms with Crippen LogP contribution >= 0.6 is 0 Å². The van der Waals surface area contributed by atoms with Gasteiger partial charge in [0.2, 0.25) is 21.8 Å². The van der Waals surface area contributed by atoms with E-state index in [4.69, 9.17) is 0 Å². The zero-order valence-corrected chi connectivity index (χ0v) is 20.7. The van der Waals surface area contributed by atoms with Gasteiger partial charge in [0.15, 0.2) is 0 Å². The molecule has 0 bridgehead atoms. The second-order valence-corrected chi connectivity index (χ2v) is 11.5. The summed E-state index contributed by atoms with van der Waals surface area (Å²) in [6.45, 7) is 5.40. The summed E-state index contributed by atoms with van der Waals surface area (Å²) in [6, 6.07) is 13.6. The maximum atomic E-state index is 13.4. The summed E-state index contributed by atoms with van der Waals surface area (Å²) in [5, 5.41) is 2.88. The lowest BCUT2D eigenvalue weighted by Gasteiger charge is -2.36. The maximum Gasteiger partial charge on any atom is 0.247 e. The molecular formula is C26H33N3O4S. The van der Waals surface area contributed by atoms with Gasteiger partial charge in [0.05, 0.1) is 4.90 Å². The fourth-order valence-electron chi connectivity index (χ4n) is 4.70. The molecule has 182 valence electrons. The first-order valence-corrected chi connectivity index (χ1v) is 13.5. The first kappa shape index (κ1) is 24.4. The normalized spacial score (nSPS) is 19.0. The Morgan fingerprint density at radius 1 is 1.00 bits per heavy atom. The minimum absolute atomic E-state index is 0.0499. The van der Waals surface area contributed by atoms with E-state index in [1.807, 2.05) is 38.1 Å². The molecule has 2 amide bonds. The summed E-state index contributed by atoms with van der Waals surface area (Å²) < 4.78 is 27.7. The second kappa shape index (κ2) is 10.3. The fraction of sp³-hybridized carbons (Fsp3) is 0.462. The monoisotopic (exact) mass is 483 g/mol. The Balaban J connectivity index is 1.56. The zero-order chi connectivity index (χ0) is 24.3. The highest BCUT2D eigenvalue weighted by Gasteiger charge is 2.35. The first-order valence-electron chi connectivity index (χ1n) is 12.0. The number of hydrogen-bond acceptors (Lipinski definition) is 4. The van der Waals surface area contributed by atoms with Crippen LogP contribution in [-0.2, 0) is 32.6 Å². The Morgan fingerprint density at radius 2 is 1.71 bits per heavy atom. The van der Waals surface area contributed by atoms with E-state index in [2.05, 4.69) is 5.32 Å². The SMILES string of the molecule is CC(C)CC(=O)N1Cc2ccccc2CC1C(=O)Nc1cccc(S(=O)(=O)N2CCCCC2)c1. The lowest BCUT2D eigenvalue weighted by molar-refractivity contribution is -0.140. The molecule has 2 aliphatic heterocycles. The van der Waals surface area contributed by atoms with Crippen LogP contribution in [0.1, 0.15) is 50.7 Å². The van der Waals surface area contributed by atoms with Crippen LogP contribution in [0.5, 0.6) is 0 Å². The molecular weight excluding hydrogens is 450 g/mol. The van der Waals surface area contributed by atoms with Gasteiger partial charge in [-0.05, 0) is 48.1 Å². The van der Waals surface area contributed by atoms with E-state index in [9.17, 15) is 18.0 Å². The minimum Gasteiger partial charge on any atom is -0.326 e. The van der Waals surface area contributed by atoms with Crippen molar-refractivity contribution in [1.82, 2.24) is 9.21 Å². The number of fused-ring (bicyclic) bond motifs is 1. The van der Waals surface area contributed by atoms with Gasteiger partial charge in [0.25, 0.3) is 0 Å². The average molecular weight is 484 g/mol. The number of carbonyl (C=O) groups excluding carboxylic acids is 2. The largest absolute Gasteiger partial charge is 0.326 e. The van der Waals surface area contributed by atoms with Crippen molar-refractivity contribution in [2.24, 2.45) is 5.92 Å². The van der Waals surface area contributed by atoms with Gasteiger partial charge in [-0.15, -0.1) is 0 Å². The van der Waals surface area contributed by atoms with Crippen LogP contribution < -0.4 is 5.32 Å². The van der Waals surface area contributed by atoms with E-state index in [1.54, 1.807) is 23.1 Å². The standard InChI is InChI=1S/C26H33N3O4S/c1-19(2)15-25(30)29-18-21-10-5-4-9-20(21)16-24(29)26(31)27-22-11-8-12-23(17-22)34(32,33)28-13-6-3-7-14-28/h4-5,8-12,17,19,24H,3,6-7,13-16,18H2,1-2H3,(H,27,31). The van der Waals surface area contributed by atoms with Gasteiger partial charge in [-0.3, -0.25) is 9.59 Å². The van der Waals surface area contributed by atoms with Crippen LogP contribution in [0.2, 0.25) is 0 Å². The van der Waals surface area contributed by atoms with Crippen molar-refractivity contribution in [3.8, 4) is 0 Å². The molecule has 1 saturated heterocycles. The number of nitrogens with one attached hydrogen (secondary N) is 1. The molecule has 4 rings (SSSR count). The van der Waals surface area contributed by atoms with E-state index in [0.717, 1.165) is 30.4 Å². The highest BCUT2D eigenvalue weighted by molar-refractivity contribution is 7.89. The highest BCUT2D eigenvalue weighted by Crippen LogP contribution is 2.27. The predicted molar refractivity (Wildman–Crippen MR) is 132 cm³/mol. The third-order valence-corrected chi connectivity index (χ3v) is 8.40. The third kappa shape index (κ3) is 5.33. The molecule has 0 radical (unpaired) electrons. The summed E-state index contributed by atoms with van der Waals surface area (Å²) in [6.07, 6.45) is 3.56. The van der Waals surface area contributed by atoms with Crippen molar-refractivity contribution in [2.75, 3.05) is 18.4 Å². The highest BCUT2D eigenvalue weighted by atomic mass is 32.2. The number of nitrogens with zero attached hydrogens (tertiary/aromatic N) is 2. The molecule has 1 unspecified atom stereocenters. The molecule has 0 saturated carbocycles. The van der Waals surface area contributed by atoms with Gasteiger partial charge in [-0.2, -0.15) is 4.31 Å². The van der Waals surface area contributed by atoms with Gasteiger partial charge in [0, 0.05) is 38.2 Å². The van der Waals surface area contributed by atoms with Crippen molar-refractivity contribution in [2.45, 2.75) is 63.4 Å². The fourth-order valence-corrected chi connectivity index (χ4v) is 6.26. The number of sulfonamides is 1. The van der Waals surface area contributed by atoms with E-state index in [1.165, 1.54) is 10.4 Å². The lowest BCUT2D eigenvalue weighted by Crippen LogP contribution is -2.50. The number of anilines is 1. The number of hydrogen-bond donors (Lipinski definition) is 1. The number of carbonyl (C=O) groups is 2. The molecule has 34 heavy (non-hydrogen) atoms. The third-order valence-electron chi connectivity index (χ3n) is 6.51. The van der Waals surface area contributed by atoms with Crippen LogP contribution in [0.15, 0.2) is 53.4 Å². The molecule has 7 nitrogen and oxygen atoms in total. The van der Waals surface area contributed by atoms with Gasteiger partial charge in [-0.25, -0.2) is 8.42 Å². The van der Waals surface area contributed by atoms with Gasteiger partial charge < -0.3 is 10.2 Å². The molecule has 1 N–H and O–H groups in total. The zero-order valence-electron chi connectivity index (χ0n) is 19.9. The van der Waals surface area contributed by atoms with E-state index in [-0.39, 0.29) is 22.6 Å². The molecule has 2 aromatic carbocycles. The van der Waals surface area contributed by atoms with Crippen LogP contribution in [0.25, 0.3) is 0 Å². The summed E-state index contributed by atoms with van der Waals surface area (Å²) in [7, 11) is -3.61. The number of amides is 2.